The Labute approximate surface area is 126 Å². The first-order valence-electron chi connectivity index (χ1n) is 6.58. The molecule has 1 rings (SSSR count). The molecule has 21 heavy (non-hydrogen) atoms. The molecule has 1 unspecified atom stereocenters. The molecule has 0 aliphatic heterocycles. The van der Waals surface area contributed by atoms with Gasteiger partial charge >= 0.3 is 6.18 Å². The molecule has 0 aliphatic rings. The van der Waals surface area contributed by atoms with Crippen molar-refractivity contribution in [3.63, 3.8) is 0 Å². The van der Waals surface area contributed by atoms with Gasteiger partial charge in [-0.3, -0.25) is 0 Å². The predicted octanol–water partition coefficient (Wildman–Crippen LogP) is 4.41. The lowest BCUT2D eigenvalue weighted by atomic mass is 10.0. The van der Waals surface area contributed by atoms with Crippen LogP contribution in [0, 0.1) is 12.7 Å². The zero-order valence-corrected chi connectivity index (χ0v) is 12.6. The lowest BCUT2D eigenvalue weighted by Crippen LogP contribution is -2.24. The lowest BCUT2D eigenvalue weighted by Gasteiger charge is -2.20. The smallest absolute Gasteiger partial charge is 0.372 e. The highest BCUT2D eigenvalue weighted by Gasteiger charge is 2.27. The molecule has 2 nitrogen and oxygen atoms in total. The zero-order chi connectivity index (χ0) is 16.0. The van der Waals surface area contributed by atoms with E-state index in [2.05, 4.69) is 10.1 Å². The summed E-state index contributed by atoms with van der Waals surface area (Å²) in [6.07, 6.45) is -4.02. The Balaban J connectivity index is 2.71. The van der Waals surface area contributed by atoms with Crippen LogP contribution in [-0.2, 0) is 4.74 Å². The number of aryl methyl sites for hydroxylation is 1. The first kappa shape index (κ1) is 18.2. The average Bonchev–Trinajstić information content (AvgIpc) is 2.36. The van der Waals surface area contributed by atoms with Crippen molar-refractivity contribution in [1.82, 2.24) is 5.32 Å². The number of alkyl halides is 3. The summed E-state index contributed by atoms with van der Waals surface area (Å²) in [6.45, 7) is 2.74. The van der Waals surface area contributed by atoms with Crippen molar-refractivity contribution in [2.75, 3.05) is 19.8 Å². The van der Waals surface area contributed by atoms with Crippen molar-refractivity contribution in [1.29, 1.82) is 0 Å². The van der Waals surface area contributed by atoms with Crippen LogP contribution in [0.15, 0.2) is 12.1 Å². The first-order valence-corrected chi connectivity index (χ1v) is 6.95. The normalized spacial score (nSPS) is 13.5. The molecule has 0 aliphatic carbocycles. The summed E-state index contributed by atoms with van der Waals surface area (Å²) >= 11 is 6.02. The second kappa shape index (κ2) is 7.96. The van der Waals surface area contributed by atoms with E-state index in [1.54, 1.807) is 13.0 Å². The maximum Gasteiger partial charge on any atom is 0.411 e. The molecule has 0 fully saturated rings. The van der Waals surface area contributed by atoms with Gasteiger partial charge in [-0.1, -0.05) is 24.6 Å². The van der Waals surface area contributed by atoms with Crippen molar-refractivity contribution >= 4 is 11.6 Å². The summed E-state index contributed by atoms with van der Waals surface area (Å²) in [6, 6.07) is 2.54. The molecule has 0 spiro atoms. The molecule has 1 atom stereocenters. The Morgan fingerprint density at radius 1 is 1.33 bits per heavy atom. The minimum absolute atomic E-state index is 0.0655. The minimum Gasteiger partial charge on any atom is -0.372 e. The molecule has 1 aromatic carbocycles. The van der Waals surface area contributed by atoms with E-state index >= 15 is 0 Å². The fourth-order valence-corrected chi connectivity index (χ4v) is 2.23. The van der Waals surface area contributed by atoms with Crippen LogP contribution in [-0.4, -0.2) is 25.9 Å². The number of nitrogens with one attached hydrogen (secondary N) is 1. The molecule has 0 heterocycles. The number of hydrogen-bond donors (Lipinski definition) is 1. The van der Waals surface area contributed by atoms with Crippen LogP contribution < -0.4 is 5.32 Å². The highest BCUT2D eigenvalue weighted by Crippen LogP contribution is 2.28. The summed E-state index contributed by atoms with van der Waals surface area (Å²) < 4.78 is 54.0. The van der Waals surface area contributed by atoms with Crippen molar-refractivity contribution in [3.8, 4) is 0 Å². The third-order valence-corrected chi connectivity index (χ3v) is 3.25. The fourth-order valence-electron chi connectivity index (χ4n) is 1.95. The highest BCUT2D eigenvalue weighted by molar-refractivity contribution is 6.31. The van der Waals surface area contributed by atoms with Gasteiger partial charge in [-0.05, 0) is 37.1 Å². The van der Waals surface area contributed by atoms with Crippen LogP contribution in [0.2, 0.25) is 5.02 Å². The second-order valence-corrected chi connectivity index (χ2v) is 5.10. The van der Waals surface area contributed by atoms with Crippen LogP contribution in [0.5, 0.6) is 0 Å². The van der Waals surface area contributed by atoms with Gasteiger partial charge in [-0.25, -0.2) is 4.39 Å². The Kier molecular flexibility index (Phi) is 6.90. The zero-order valence-electron chi connectivity index (χ0n) is 11.9. The molecule has 120 valence electrons. The van der Waals surface area contributed by atoms with Crippen LogP contribution in [0.3, 0.4) is 0 Å². The molecular weight excluding hydrogens is 310 g/mol. The number of hydrogen-bond acceptors (Lipinski definition) is 2. The SMILES string of the molecule is CCNC(CCOCC(F)(F)F)c1cc(C)c(F)cc1Cl. The molecule has 0 radical (unpaired) electrons. The topological polar surface area (TPSA) is 21.3 Å². The van der Waals surface area contributed by atoms with E-state index in [0.29, 0.717) is 24.1 Å². The van der Waals surface area contributed by atoms with Crippen LogP contribution in [0.4, 0.5) is 17.6 Å². The van der Waals surface area contributed by atoms with E-state index in [1.165, 1.54) is 6.07 Å². The van der Waals surface area contributed by atoms with Gasteiger partial charge in [0.1, 0.15) is 12.4 Å². The summed E-state index contributed by atoms with van der Waals surface area (Å²) in [5, 5.41) is 3.37. The van der Waals surface area contributed by atoms with Gasteiger partial charge in [0.15, 0.2) is 0 Å². The Morgan fingerprint density at radius 3 is 2.57 bits per heavy atom. The molecular formula is C14H18ClF4NO. The van der Waals surface area contributed by atoms with Crippen LogP contribution >= 0.6 is 11.6 Å². The van der Waals surface area contributed by atoms with Gasteiger partial charge in [0.2, 0.25) is 0 Å². The fraction of sp³-hybridized carbons (Fsp3) is 0.571. The number of benzene rings is 1. The minimum atomic E-state index is -4.34. The maximum absolute atomic E-state index is 13.4. The molecule has 0 bridgehead atoms. The van der Waals surface area contributed by atoms with E-state index in [0.717, 1.165) is 0 Å². The van der Waals surface area contributed by atoms with Crippen molar-refractivity contribution in [2.45, 2.75) is 32.5 Å². The summed E-state index contributed by atoms with van der Waals surface area (Å²) in [4.78, 5) is 0. The van der Waals surface area contributed by atoms with Gasteiger partial charge in [0, 0.05) is 17.7 Å². The summed E-state index contributed by atoms with van der Waals surface area (Å²) in [5.74, 6) is -0.410. The van der Waals surface area contributed by atoms with E-state index in [9.17, 15) is 17.6 Å². The summed E-state index contributed by atoms with van der Waals surface area (Å²) in [7, 11) is 0. The third-order valence-electron chi connectivity index (χ3n) is 2.92. The van der Waals surface area contributed by atoms with Gasteiger partial charge in [-0.2, -0.15) is 13.2 Å². The van der Waals surface area contributed by atoms with Gasteiger partial charge in [0.25, 0.3) is 0 Å². The molecule has 0 aromatic heterocycles. The number of ether oxygens (including phenoxy) is 1. The van der Waals surface area contributed by atoms with Crippen LogP contribution in [0.1, 0.15) is 30.5 Å². The first-order chi connectivity index (χ1) is 9.74. The van der Waals surface area contributed by atoms with Crippen molar-refractivity contribution < 1.29 is 22.3 Å². The quantitative estimate of drug-likeness (QED) is 0.592. The van der Waals surface area contributed by atoms with Gasteiger partial charge in [-0.15, -0.1) is 0 Å². The van der Waals surface area contributed by atoms with Crippen molar-refractivity contribution in [2.24, 2.45) is 0 Å². The van der Waals surface area contributed by atoms with E-state index in [4.69, 9.17) is 11.6 Å². The van der Waals surface area contributed by atoms with E-state index in [-0.39, 0.29) is 17.7 Å². The second-order valence-electron chi connectivity index (χ2n) is 4.69. The molecule has 1 aromatic rings. The molecule has 0 amide bonds. The summed E-state index contributed by atoms with van der Waals surface area (Å²) in [5.41, 5.74) is 1.10. The monoisotopic (exact) mass is 327 g/mol. The highest BCUT2D eigenvalue weighted by atomic mass is 35.5. The standard InChI is InChI=1S/C14H18ClF4NO/c1-3-20-13(4-5-21-8-14(17,18)19)10-6-9(2)12(16)7-11(10)15/h6-7,13,20H,3-5,8H2,1-2H3. The average molecular weight is 328 g/mol. The molecule has 1 N–H and O–H groups in total. The molecule has 0 saturated carbocycles. The van der Waals surface area contributed by atoms with Crippen LogP contribution in [0.25, 0.3) is 0 Å². The Bertz CT molecular complexity index is 465. The number of halogens is 5. The largest absolute Gasteiger partial charge is 0.411 e. The Morgan fingerprint density at radius 2 is 2.00 bits per heavy atom. The lowest BCUT2D eigenvalue weighted by molar-refractivity contribution is -0.174. The van der Waals surface area contributed by atoms with Gasteiger partial charge < -0.3 is 10.1 Å². The van der Waals surface area contributed by atoms with Gasteiger partial charge in [0.05, 0.1) is 0 Å². The third kappa shape index (κ3) is 6.20. The number of rotatable bonds is 7. The Hall–Kier alpha value is -0.850. The predicted molar refractivity (Wildman–Crippen MR) is 74.1 cm³/mol. The van der Waals surface area contributed by atoms with E-state index < -0.39 is 18.6 Å². The van der Waals surface area contributed by atoms with E-state index in [1.807, 2.05) is 6.92 Å². The van der Waals surface area contributed by atoms with Crippen molar-refractivity contribution in [3.05, 3.63) is 34.1 Å². The maximum atomic E-state index is 13.4. The molecule has 7 heteroatoms. The molecule has 0 saturated heterocycles.